The number of aromatic amines is 1. The fourth-order valence-corrected chi connectivity index (χ4v) is 4.44. The maximum absolute atomic E-state index is 12.9. The summed E-state index contributed by atoms with van der Waals surface area (Å²) in [6.07, 6.45) is 1.28. The van der Waals surface area contributed by atoms with Crippen LogP contribution in [0.15, 0.2) is 28.3 Å². The van der Waals surface area contributed by atoms with Gasteiger partial charge in [0.05, 0.1) is 28.1 Å². The second kappa shape index (κ2) is 9.10. The highest BCUT2D eigenvalue weighted by molar-refractivity contribution is 8.00. The first-order valence-electron chi connectivity index (χ1n) is 8.96. The van der Waals surface area contributed by atoms with Gasteiger partial charge >= 0.3 is 5.97 Å². The minimum Gasteiger partial charge on any atom is -0.462 e. The number of hydrogen-bond acceptors (Lipinski definition) is 7. The molecule has 2 aromatic heterocycles. The van der Waals surface area contributed by atoms with Crippen LogP contribution in [0, 0.1) is 13.8 Å². The Bertz CT molecular complexity index is 1010. The Balaban J connectivity index is 2.20. The number of ether oxygens (including phenoxy) is 1. The van der Waals surface area contributed by atoms with E-state index in [4.69, 9.17) is 4.74 Å². The van der Waals surface area contributed by atoms with Crippen molar-refractivity contribution < 1.29 is 22.7 Å². The van der Waals surface area contributed by atoms with E-state index in [9.17, 15) is 18.0 Å². The number of Topliss-reactive ketones (excluding diaryl/α,β-unsaturated/α-hetero) is 1. The highest BCUT2D eigenvalue weighted by Crippen LogP contribution is 2.27. The van der Waals surface area contributed by atoms with Gasteiger partial charge in [0.1, 0.15) is 4.90 Å². The zero-order valence-corrected chi connectivity index (χ0v) is 18.9. The number of carbonyl (C=O) groups excluding carboxylic acids is 2. The van der Waals surface area contributed by atoms with Crippen molar-refractivity contribution in [2.24, 2.45) is 0 Å². The summed E-state index contributed by atoms with van der Waals surface area (Å²) in [5, 5.41) is 0.0284. The summed E-state index contributed by atoms with van der Waals surface area (Å²) in [6, 6.07) is 3.03. The summed E-state index contributed by atoms with van der Waals surface area (Å²) in [5.74, 6) is -0.643. The van der Waals surface area contributed by atoms with Gasteiger partial charge in [-0.3, -0.25) is 4.79 Å². The van der Waals surface area contributed by atoms with Crippen LogP contribution in [0.3, 0.4) is 0 Å². The first-order chi connectivity index (χ1) is 13.5. The van der Waals surface area contributed by atoms with Crippen molar-refractivity contribution in [3.63, 3.8) is 0 Å². The van der Waals surface area contributed by atoms with Crippen molar-refractivity contribution in [1.82, 2.24) is 14.3 Å². The molecule has 0 saturated carbocycles. The zero-order chi connectivity index (χ0) is 21.9. The largest absolute Gasteiger partial charge is 0.462 e. The molecule has 0 saturated heterocycles. The molecule has 0 bridgehead atoms. The Kier molecular flexibility index (Phi) is 7.25. The summed E-state index contributed by atoms with van der Waals surface area (Å²) < 4.78 is 30.4. The molecule has 158 valence electrons. The molecule has 1 atom stereocenters. The molecule has 0 amide bonds. The lowest BCUT2D eigenvalue weighted by Crippen LogP contribution is -2.22. The number of pyridine rings is 1. The smallest absolute Gasteiger partial charge is 0.340 e. The van der Waals surface area contributed by atoms with E-state index in [-0.39, 0.29) is 17.3 Å². The Hall–Kier alpha value is -2.17. The molecule has 2 heterocycles. The average Bonchev–Trinajstić information content (AvgIpc) is 2.95. The number of sulfonamides is 1. The van der Waals surface area contributed by atoms with Gasteiger partial charge in [-0.05, 0) is 45.4 Å². The lowest BCUT2D eigenvalue weighted by molar-refractivity contribution is 0.0525. The van der Waals surface area contributed by atoms with E-state index in [1.165, 1.54) is 38.1 Å². The molecule has 0 aliphatic rings. The van der Waals surface area contributed by atoms with E-state index in [2.05, 4.69) is 9.97 Å². The Morgan fingerprint density at radius 1 is 1.28 bits per heavy atom. The predicted octanol–water partition coefficient (Wildman–Crippen LogP) is 2.82. The quantitative estimate of drug-likeness (QED) is 0.383. The second-order valence-electron chi connectivity index (χ2n) is 6.59. The molecule has 0 spiro atoms. The fourth-order valence-electron chi connectivity index (χ4n) is 2.74. The number of thioether (sulfide) groups is 1. The van der Waals surface area contributed by atoms with Crippen molar-refractivity contribution >= 4 is 33.5 Å². The molecule has 8 nitrogen and oxygen atoms in total. The molecule has 2 rings (SSSR count). The van der Waals surface area contributed by atoms with Gasteiger partial charge in [-0.1, -0.05) is 11.8 Å². The summed E-state index contributed by atoms with van der Waals surface area (Å²) in [4.78, 5) is 32.3. The van der Waals surface area contributed by atoms with Crippen LogP contribution in [0.5, 0.6) is 0 Å². The predicted molar refractivity (Wildman–Crippen MR) is 111 cm³/mol. The maximum Gasteiger partial charge on any atom is 0.340 e. The molecule has 0 aromatic carbocycles. The van der Waals surface area contributed by atoms with Crippen LogP contribution in [-0.4, -0.2) is 60.4 Å². The molecular weight excluding hydrogens is 414 g/mol. The van der Waals surface area contributed by atoms with Gasteiger partial charge in [0.15, 0.2) is 5.78 Å². The van der Waals surface area contributed by atoms with E-state index in [0.29, 0.717) is 27.5 Å². The van der Waals surface area contributed by atoms with E-state index >= 15 is 0 Å². The number of nitrogens with zero attached hydrogens (tertiary/aromatic N) is 2. The minimum atomic E-state index is -3.56. The number of hydrogen-bond donors (Lipinski definition) is 1. The first-order valence-corrected chi connectivity index (χ1v) is 11.3. The van der Waals surface area contributed by atoms with Crippen molar-refractivity contribution in [3.8, 4) is 0 Å². The van der Waals surface area contributed by atoms with Gasteiger partial charge in [-0.15, -0.1) is 0 Å². The summed E-state index contributed by atoms with van der Waals surface area (Å²) in [5.41, 5.74) is 1.87. The van der Waals surface area contributed by atoms with Crippen molar-refractivity contribution in [1.29, 1.82) is 0 Å². The Morgan fingerprint density at radius 2 is 1.93 bits per heavy atom. The number of ketones is 1. The third-order valence-corrected chi connectivity index (χ3v) is 7.17. The highest BCUT2D eigenvalue weighted by Gasteiger charge is 2.26. The van der Waals surface area contributed by atoms with Gasteiger partial charge in [0.2, 0.25) is 10.0 Å². The van der Waals surface area contributed by atoms with Crippen LogP contribution in [0.2, 0.25) is 0 Å². The molecule has 0 radical (unpaired) electrons. The normalized spacial score (nSPS) is 12.8. The second-order valence-corrected chi connectivity index (χ2v) is 10.1. The van der Waals surface area contributed by atoms with Crippen LogP contribution in [-0.2, 0) is 14.8 Å². The molecule has 10 heteroatoms. The van der Waals surface area contributed by atoms with Crippen molar-refractivity contribution in [2.45, 2.75) is 42.9 Å². The lowest BCUT2D eigenvalue weighted by Gasteiger charge is -2.12. The number of rotatable bonds is 8. The van der Waals surface area contributed by atoms with E-state index in [0.717, 1.165) is 4.31 Å². The summed E-state index contributed by atoms with van der Waals surface area (Å²) in [7, 11) is -0.659. The highest BCUT2D eigenvalue weighted by atomic mass is 32.2. The van der Waals surface area contributed by atoms with Crippen molar-refractivity contribution in [3.05, 3.63) is 40.8 Å². The number of nitrogens with one attached hydrogen (secondary N) is 1. The standard InChI is InChI=1S/C19H25N3O5S2/c1-7-27-19(24)16-11(2)17(21-12(16)3)18(23)13(4)28-15-9-8-14(10-20-15)29(25,26)22(5)6/h8-10,13,21H,7H2,1-6H3. The third kappa shape index (κ3) is 4.88. The topological polar surface area (TPSA) is 109 Å². The van der Waals surface area contributed by atoms with Gasteiger partial charge in [0.25, 0.3) is 0 Å². The first kappa shape index (κ1) is 23.1. The number of aryl methyl sites for hydroxylation is 1. The van der Waals surface area contributed by atoms with Crippen LogP contribution < -0.4 is 0 Å². The zero-order valence-electron chi connectivity index (χ0n) is 17.3. The molecular formula is C19H25N3O5S2. The molecule has 0 aliphatic carbocycles. The molecule has 0 fully saturated rings. The molecule has 1 unspecified atom stereocenters. The minimum absolute atomic E-state index is 0.0840. The Labute approximate surface area is 175 Å². The number of carbonyl (C=O) groups is 2. The van der Waals surface area contributed by atoms with E-state index in [1.807, 2.05) is 0 Å². The molecule has 29 heavy (non-hydrogen) atoms. The van der Waals surface area contributed by atoms with Gasteiger partial charge in [-0.2, -0.15) is 0 Å². The van der Waals surface area contributed by atoms with E-state index < -0.39 is 21.2 Å². The van der Waals surface area contributed by atoms with Crippen LogP contribution in [0.25, 0.3) is 0 Å². The summed E-state index contributed by atoms with van der Waals surface area (Å²) >= 11 is 1.21. The van der Waals surface area contributed by atoms with Gasteiger partial charge in [0, 0.05) is 26.0 Å². The van der Waals surface area contributed by atoms with Crippen LogP contribution in [0.4, 0.5) is 0 Å². The SMILES string of the molecule is CCOC(=O)c1c(C)[nH]c(C(=O)C(C)Sc2ccc(S(=O)(=O)N(C)C)cn2)c1C. The number of esters is 1. The van der Waals surface area contributed by atoms with Gasteiger partial charge < -0.3 is 9.72 Å². The lowest BCUT2D eigenvalue weighted by atomic mass is 10.1. The van der Waals surface area contributed by atoms with Gasteiger partial charge in [-0.25, -0.2) is 22.5 Å². The maximum atomic E-state index is 12.9. The molecule has 1 N–H and O–H groups in total. The molecule has 2 aromatic rings. The Morgan fingerprint density at radius 3 is 2.45 bits per heavy atom. The number of H-pyrrole nitrogens is 1. The summed E-state index contributed by atoms with van der Waals surface area (Å²) in [6.45, 7) is 7.14. The van der Waals surface area contributed by atoms with E-state index in [1.54, 1.807) is 33.8 Å². The van der Waals surface area contributed by atoms with Crippen LogP contribution in [0.1, 0.15) is 46.0 Å². The third-order valence-electron chi connectivity index (χ3n) is 4.32. The van der Waals surface area contributed by atoms with Crippen LogP contribution >= 0.6 is 11.8 Å². The van der Waals surface area contributed by atoms with Crippen molar-refractivity contribution in [2.75, 3.05) is 20.7 Å². The fraction of sp³-hybridized carbons (Fsp3) is 0.421. The number of aromatic nitrogens is 2. The average molecular weight is 440 g/mol. The molecule has 0 aliphatic heterocycles. The monoisotopic (exact) mass is 439 g/mol.